The highest BCUT2D eigenvalue weighted by molar-refractivity contribution is 6.21. The van der Waals surface area contributed by atoms with Crippen LogP contribution in [0.25, 0.3) is 0 Å². The molecular weight excluding hydrogens is 266 g/mol. The van der Waals surface area contributed by atoms with E-state index >= 15 is 0 Å². The van der Waals surface area contributed by atoms with Crippen LogP contribution in [0.2, 0.25) is 0 Å². The molecule has 0 aliphatic heterocycles. The van der Waals surface area contributed by atoms with Gasteiger partial charge in [0.25, 0.3) is 0 Å². The molecule has 0 aliphatic rings. The Balaban J connectivity index is 2.25. The smallest absolute Gasteiger partial charge is 0.129 e. The monoisotopic (exact) mass is 280 g/mol. The maximum atomic E-state index is 13.6. The molecule has 0 spiro atoms. The number of benzene rings is 2. The predicted molar refractivity (Wildman–Crippen MR) is 74.6 cm³/mol. The van der Waals surface area contributed by atoms with Gasteiger partial charge in [0.05, 0.1) is 5.38 Å². The third-order valence-electron chi connectivity index (χ3n) is 3.19. The summed E-state index contributed by atoms with van der Waals surface area (Å²) < 4.78 is 26.5. The summed E-state index contributed by atoms with van der Waals surface area (Å²) in [5, 5.41) is -0.320. The van der Waals surface area contributed by atoms with Crippen LogP contribution in [-0.2, 0) is 6.42 Å². The molecule has 2 rings (SSSR count). The Kier molecular flexibility index (Phi) is 4.20. The lowest BCUT2D eigenvalue weighted by molar-refractivity contribution is 0.570. The molecule has 2 aromatic rings. The fraction of sp³-hybridized carbons (Fsp3) is 0.250. The van der Waals surface area contributed by atoms with Crippen LogP contribution < -0.4 is 0 Å². The topological polar surface area (TPSA) is 0 Å². The van der Waals surface area contributed by atoms with Crippen LogP contribution in [0, 0.1) is 25.5 Å². The molecule has 0 aromatic heterocycles. The molecule has 0 fully saturated rings. The van der Waals surface area contributed by atoms with Crippen molar-refractivity contribution < 1.29 is 8.78 Å². The molecule has 3 heteroatoms. The minimum atomic E-state index is -0.570. The van der Waals surface area contributed by atoms with Gasteiger partial charge in [0, 0.05) is 6.07 Å². The van der Waals surface area contributed by atoms with Crippen LogP contribution in [0.15, 0.2) is 36.4 Å². The summed E-state index contributed by atoms with van der Waals surface area (Å²) >= 11 is 6.37. The Labute approximate surface area is 117 Å². The van der Waals surface area contributed by atoms with Gasteiger partial charge in [-0.3, -0.25) is 0 Å². The quantitative estimate of drug-likeness (QED) is 0.686. The number of halogens is 3. The molecule has 0 saturated heterocycles. The summed E-state index contributed by atoms with van der Waals surface area (Å²) in [5.74, 6) is -1.12. The lowest BCUT2D eigenvalue weighted by Crippen LogP contribution is -2.01. The molecular formula is C16H15ClF2. The number of rotatable bonds is 3. The van der Waals surface area contributed by atoms with E-state index in [4.69, 9.17) is 11.6 Å². The highest BCUT2D eigenvalue weighted by atomic mass is 35.5. The minimum absolute atomic E-state index is 0.320. The fourth-order valence-electron chi connectivity index (χ4n) is 2.09. The van der Waals surface area contributed by atoms with Crippen molar-refractivity contribution in [3.8, 4) is 0 Å². The Morgan fingerprint density at radius 3 is 2.47 bits per heavy atom. The first-order chi connectivity index (χ1) is 8.97. The van der Waals surface area contributed by atoms with Gasteiger partial charge in [-0.05, 0) is 43.0 Å². The minimum Gasteiger partial charge on any atom is -0.207 e. The van der Waals surface area contributed by atoms with E-state index in [1.54, 1.807) is 0 Å². The van der Waals surface area contributed by atoms with Gasteiger partial charge in [-0.2, -0.15) is 0 Å². The van der Waals surface area contributed by atoms with Crippen LogP contribution in [0.5, 0.6) is 0 Å². The van der Waals surface area contributed by atoms with E-state index in [9.17, 15) is 8.78 Å². The standard InChI is InChI=1S/C16H15ClF2/c1-10-3-4-11(2)14(7-10)15(17)8-12-5-6-13(18)9-16(12)19/h3-7,9,15H,8H2,1-2H3. The van der Waals surface area contributed by atoms with Crippen LogP contribution in [-0.4, -0.2) is 0 Å². The Morgan fingerprint density at radius 1 is 1.05 bits per heavy atom. The zero-order valence-corrected chi connectivity index (χ0v) is 11.6. The first-order valence-electron chi connectivity index (χ1n) is 6.12. The van der Waals surface area contributed by atoms with Gasteiger partial charge in [-0.25, -0.2) is 8.78 Å². The second-order valence-electron chi connectivity index (χ2n) is 4.77. The van der Waals surface area contributed by atoms with E-state index in [2.05, 4.69) is 0 Å². The maximum absolute atomic E-state index is 13.6. The average molecular weight is 281 g/mol. The first-order valence-corrected chi connectivity index (χ1v) is 6.56. The predicted octanol–water partition coefficient (Wildman–Crippen LogP) is 5.10. The molecule has 2 aromatic carbocycles. The van der Waals surface area contributed by atoms with Crippen LogP contribution >= 0.6 is 11.6 Å². The molecule has 0 amide bonds. The molecule has 1 unspecified atom stereocenters. The van der Waals surface area contributed by atoms with Gasteiger partial charge in [0.15, 0.2) is 0 Å². The normalized spacial score (nSPS) is 12.5. The summed E-state index contributed by atoms with van der Waals surface area (Å²) in [6.07, 6.45) is 0.345. The molecule has 1 atom stereocenters. The highest BCUT2D eigenvalue weighted by Gasteiger charge is 2.14. The lowest BCUT2D eigenvalue weighted by Gasteiger charge is -2.14. The second-order valence-corrected chi connectivity index (χ2v) is 5.29. The summed E-state index contributed by atoms with van der Waals surface area (Å²) in [4.78, 5) is 0. The third-order valence-corrected chi connectivity index (χ3v) is 3.58. The lowest BCUT2D eigenvalue weighted by atomic mass is 9.98. The van der Waals surface area contributed by atoms with Crippen molar-refractivity contribution in [3.05, 3.63) is 70.3 Å². The van der Waals surface area contributed by atoms with Gasteiger partial charge in [0.1, 0.15) is 11.6 Å². The van der Waals surface area contributed by atoms with Crippen molar-refractivity contribution in [1.82, 2.24) is 0 Å². The maximum Gasteiger partial charge on any atom is 0.129 e. The summed E-state index contributed by atoms with van der Waals surface area (Å²) in [5.41, 5.74) is 3.62. The van der Waals surface area contributed by atoms with Crippen LogP contribution in [0.3, 0.4) is 0 Å². The number of aryl methyl sites for hydroxylation is 2. The summed E-state index contributed by atoms with van der Waals surface area (Å²) in [7, 11) is 0. The average Bonchev–Trinajstić information content (AvgIpc) is 2.35. The van der Waals surface area contributed by atoms with E-state index in [0.29, 0.717) is 12.0 Å². The summed E-state index contributed by atoms with van der Waals surface area (Å²) in [6, 6.07) is 9.62. The third kappa shape index (κ3) is 3.32. The van der Waals surface area contributed by atoms with Crippen molar-refractivity contribution in [3.63, 3.8) is 0 Å². The van der Waals surface area contributed by atoms with Crippen molar-refractivity contribution in [2.45, 2.75) is 25.6 Å². The van der Waals surface area contributed by atoms with E-state index in [0.717, 1.165) is 22.8 Å². The second kappa shape index (κ2) is 5.70. The van der Waals surface area contributed by atoms with Gasteiger partial charge in [-0.15, -0.1) is 11.6 Å². The first kappa shape index (κ1) is 14.0. The zero-order chi connectivity index (χ0) is 14.0. The molecule has 0 aliphatic carbocycles. The van der Waals surface area contributed by atoms with Crippen molar-refractivity contribution >= 4 is 11.6 Å². The molecule has 0 heterocycles. The van der Waals surface area contributed by atoms with Crippen molar-refractivity contribution in [2.24, 2.45) is 0 Å². The van der Waals surface area contributed by atoms with Crippen LogP contribution in [0.4, 0.5) is 8.78 Å². The Hall–Kier alpha value is -1.41. The number of hydrogen-bond donors (Lipinski definition) is 0. The molecule has 0 saturated carbocycles. The zero-order valence-electron chi connectivity index (χ0n) is 10.9. The largest absolute Gasteiger partial charge is 0.207 e. The van der Waals surface area contributed by atoms with Gasteiger partial charge in [0.2, 0.25) is 0 Å². The van der Waals surface area contributed by atoms with E-state index < -0.39 is 11.6 Å². The number of alkyl halides is 1. The molecule has 100 valence electrons. The van der Waals surface area contributed by atoms with Gasteiger partial charge in [-0.1, -0.05) is 29.8 Å². The van der Waals surface area contributed by atoms with Crippen LogP contribution in [0.1, 0.15) is 27.6 Å². The number of hydrogen-bond acceptors (Lipinski definition) is 0. The Morgan fingerprint density at radius 2 is 1.79 bits per heavy atom. The molecule has 0 N–H and O–H groups in total. The van der Waals surface area contributed by atoms with Crippen molar-refractivity contribution in [1.29, 1.82) is 0 Å². The van der Waals surface area contributed by atoms with Gasteiger partial charge >= 0.3 is 0 Å². The molecule has 0 nitrogen and oxygen atoms in total. The Bertz CT molecular complexity index is 593. The molecule has 0 bridgehead atoms. The van der Waals surface area contributed by atoms with E-state index in [-0.39, 0.29) is 5.38 Å². The van der Waals surface area contributed by atoms with E-state index in [1.807, 2.05) is 32.0 Å². The van der Waals surface area contributed by atoms with E-state index in [1.165, 1.54) is 12.1 Å². The van der Waals surface area contributed by atoms with Crippen molar-refractivity contribution in [2.75, 3.05) is 0 Å². The molecule has 19 heavy (non-hydrogen) atoms. The highest BCUT2D eigenvalue weighted by Crippen LogP contribution is 2.29. The fourth-order valence-corrected chi connectivity index (χ4v) is 2.49. The van der Waals surface area contributed by atoms with Gasteiger partial charge < -0.3 is 0 Å². The molecule has 0 radical (unpaired) electrons. The SMILES string of the molecule is Cc1ccc(C)c(C(Cl)Cc2ccc(F)cc2F)c1. The summed E-state index contributed by atoms with van der Waals surface area (Å²) in [6.45, 7) is 3.97.